The second kappa shape index (κ2) is 3.95. The molecule has 0 spiro atoms. The predicted octanol–water partition coefficient (Wildman–Crippen LogP) is 2.76. The van der Waals surface area contributed by atoms with E-state index in [4.69, 9.17) is 4.74 Å². The van der Waals surface area contributed by atoms with E-state index >= 15 is 0 Å². The van der Waals surface area contributed by atoms with Gasteiger partial charge in [0.1, 0.15) is 17.6 Å². The van der Waals surface area contributed by atoms with E-state index in [-0.39, 0.29) is 23.6 Å². The Labute approximate surface area is 107 Å². The maximum atomic E-state index is 12.3. The Morgan fingerprint density at radius 1 is 1.29 bits per heavy atom. The van der Waals surface area contributed by atoms with Gasteiger partial charge < -0.3 is 4.74 Å². The van der Waals surface area contributed by atoms with Gasteiger partial charge in [0.2, 0.25) is 0 Å². The monoisotopic (exact) mass is 294 g/mol. The highest BCUT2D eigenvalue weighted by Crippen LogP contribution is 2.38. The Morgan fingerprint density at radius 2 is 2.12 bits per heavy atom. The molecule has 1 aromatic rings. The average Bonchev–Trinajstić information content (AvgIpc) is 2.30. The van der Waals surface area contributed by atoms with Crippen LogP contribution in [0.5, 0.6) is 5.75 Å². The summed E-state index contributed by atoms with van der Waals surface area (Å²) in [5, 5.41) is 0. The van der Waals surface area contributed by atoms with Crippen molar-refractivity contribution in [2.24, 2.45) is 5.92 Å². The fraction of sp³-hybridized carbons (Fsp3) is 0.385. The van der Waals surface area contributed by atoms with Crippen LogP contribution in [-0.2, 0) is 4.79 Å². The maximum Gasteiger partial charge on any atom is 0.173 e. The normalized spacial score (nSPS) is 27.1. The highest BCUT2D eigenvalue weighted by molar-refractivity contribution is 9.10. The number of fused-ring (bicyclic) bond motifs is 2. The van der Waals surface area contributed by atoms with Crippen LogP contribution in [-0.4, -0.2) is 17.7 Å². The molecule has 2 atom stereocenters. The van der Waals surface area contributed by atoms with Gasteiger partial charge in [0, 0.05) is 17.3 Å². The van der Waals surface area contributed by atoms with E-state index in [9.17, 15) is 9.59 Å². The fourth-order valence-corrected chi connectivity index (χ4v) is 2.92. The quantitative estimate of drug-likeness (QED) is 0.739. The molecule has 1 aliphatic heterocycles. The average molecular weight is 295 g/mol. The van der Waals surface area contributed by atoms with Gasteiger partial charge in [-0.15, -0.1) is 0 Å². The molecule has 17 heavy (non-hydrogen) atoms. The molecule has 4 heteroatoms. The summed E-state index contributed by atoms with van der Waals surface area (Å²) in [7, 11) is 0. The Kier molecular flexibility index (Phi) is 2.54. The van der Waals surface area contributed by atoms with Crippen LogP contribution in [0.25, 0.3) is 0 Å². The van der Waals surface area contributed by atoms with Crippen molar-refractivity contribution in [2.75, 3.05) is 0 Å². The summed E-state index contributed by atoms with van der Waals surface area (Å²) in [6.45, 7) is 0. The molecule has 0 N–H and O–H groups in total. The lowest BCUT2D eigenvalue weighted by molar-refractivity contribution is -0.123. The first-order valence-corrected chi connectivity index (χ1v) is 6.46. The predicted molar refractivity (Wildman–Crippen MR) is 65.2 cm³/mol. The topological polar surface area (TPSA) is 43.4 Å². The summed E-state index contributed by atoms with van der Waals surface area (Å²) in [4.78, 5) is 23.7. The maximum absolute atomic E-state index is 12.3. The van der Waals surface area contributed by atoms with Gasteiger partial charge in [0.25, 0.3) is 0 Å². The van der Waals surface area contributed by atoms with Crippen molar-refractivity contribution in [1.29, 1.82) is 0 Å². The van der Waals surface area contributed by atoms with E-state index in [1.165, 1.54) is 0 Å². The standard InChI is InChI=1S/C13H11BrO3/c14-7-1-4-11-10(5-7)13(16)9-3-2-8(15)6-12(9)17-11/h1,4-5,9,12H,2-3,6H2/t9?,12-/m0/s1. The number of benzene rings is 1. The van der Waals surface area contributed by atoms with Gasteiger partial charge in [-0.2, -0.15) is 0 Å². The van der Waals surface area contributed by atoms with Crippen LogP contribution < -0.4 is 4.74 Å². The number of ether oxygens (including phenoxy) is 1. The molecular weight excluding hydrogens is 284 g/mol. The van der Waals surface area contributed by atoms with E-state index in [0.29, 0.717) is 30.6 Å². The molecule has 0 bridgehead atoms. The molecule has 1 fully saturated rings. The van der Waals surface area contributed by atoms with Crippen LogP contribution >= 0.6 is 15.9 Å². The van der Waals surface area contributed by atoms with E-state index in [1.54, 1.807) is 12.1 Å². The molecular formula is C13H11BrO3. The SMILES string of the molecule is O=C1CCC2C(=O)c3cc(Br)ccc3O[C@H]2C1. The number of rotatable bonds is 0. The second-order valence-electron chi connectivity index (χ2n) is 4.55. The van der Waals surface area contributed by atoms with E-state index in [1.807, 2.05) is 6.07 Å². The van der Waals surface area contributed by atoms with Crippen molar-refractivity contribution in [3.8, 4) is 5.75 Å². The summed E-state index contributed by atoms with van der Waals surface area (Å²) < 4.78 is 6.64. The highest BCUT2D eigenvalue weighted by Gasteiger charge is 2.40. The summed E-state index contributed by atoms with van der Waals surface area (Å²) >= 11 is 3.35. The Bertz CT molecular complexity index is 509. The molecule has 2 aliphatic rings. The summed E-state index contributed by atoms with van der Waals surface area (Å²) in [6.07, 6.45) is 1.23. The molecule has 1 saturated carbocycles. The minimum atomic E-state index is -0.252. The summed E-state index contributed by atoms with van der Waals surface area (Å²) in [5.41, 5.74) is 0.634. The molecule has 3 nitrogen and oxygen atoms in total. The number of Topliss-reactive ketones (excluding diaryl/α,β-unsaturated/α-hetero) is 2. The zero-order valence-corrected chi connectivity index (χ0v) is 10.7. The van der Waals surface area contributed by atoms with Crippen LogP contribution in [0.2, 0.25) is 0 Å². The summed E-state index contributed by atoms with van der Waals surface area (Å²) in [6, 6.07) is 5.42. The third-order valence-electron chi connectivity index (χ3n) is 3.43. The fourth-order valence-electron chi connectivity index (χ4n) is 2.56. The van der Waals surface area contributed by atoms with Crippen LogP contribution in [0.15, 0.2) is 22.7 Å². The Morgan fingerprint density at radius 3 is 2.94 bits per heavy atom. The molecule has 0 aromatic heterocycles. The summed E-state index contributed by atoms with van der Waals surface area (Å²) in [5.74, 6) is 0.772. The van der Waals surface area contributed by atoms with Gasteiger partial charge in [-0.25, -0.2) is 0 Å². The highest BCUT2D eigenvalue weighted by atomic mass is 79.9. The lowest BCUT2D eigenvalue weighted by Crippen LogP contribution is -2.42. The lowest BCUT2D eigenvalue weighted by atomic mass is 9.79. The smallest absolute Gasteiger partial charge is 0.173 e. The molecule has 1 heterocycles. The van der Waals surface area contributed by atoms with Crippen molar-refractivity contribution < 1.29 is 14.3 Å². The van der Waals surface area contributed by atoms with E-state index < -0.39 is 0 Å². The molecule has 1 unspecified atom stereocenters. The first kappa shape index (κ1) is 11.0. The van der Waals surface area contributed by atoms with Crippen molar-refractivity contribution in [3.63, 3.8) is 0 Å². The van der Waals surface area contributed by atoms with Crippen molar-refractivity contribution in [3.05, 3.63) is 28.2 Å². The van der Waals surface area contributed by atoms with E-state index in [2.05, 4.69) is 15.9 Å². The zero-order chi connectivity index (χ0) is 12.0. The Balaban J connectivity index is 2.02. The zero-order valence-electron chi connectivity index (χ0n) is 9.11. The number of hydrogen-bond donors (Lipinski definition) is 0. The van der Waals surface area contributed by atoms with Gasteiger partial charge in [-0.1, -0.05) is 15.9 Å². The van der Waals surface area contributed by atoms with Crippen LogP contribution in [0.3, 0.4) is 0 Å². The van der Waals surface area contributed by atoms with Gasteiger partial charge in [0.15, 0.2) is 5.78 Å². The molecule has 0 amide bonds. The molecule has 0 radical (unpaired) electrons. The third kappa shape index (κ3) is 1.80. The van der Waals surface area contributed by atoms with E-state index in [0.717, 1.165) is 4.47 Å². The first-order chi connectivity index (χ1) is 8.15. The number of ketones is 2. The second-order valence-corrected chi connectivity index (χ2v) is 5.46. The van der Waals surface area contributed by atoms with Gasteiger partial charge >= 0.3 is 0 Å². The number of carbonyl (C=O) groups is 2. The minimum Gasteiger partial charge on any atom is -0.488 e. The van der Waals surface area contributed by atoms with Crippen molar-refractivity contribution in [1.82, 2.24) is 0 Å². The molecule has 1 aliphatic carbocycles. The van der Waals surface area contributed by atoms with Crippen LogP contribution in [0.4, 0.5) is 0 Å². The number of hydrogen-bond acceptors (Lipinski definition) is 3. The third-order valence-corrected chi connectivity index (χ3v) is 3.93. The molecule has 88 valence electrons. The minimum absolute atomic E-state index is 0.116. The van der Waals surface area contributed by atoms with Crippen LogP contribution in [0, 0.1) is 5.92 Å². The molecule has 3 rings (SSSR count). The largest absolute Gasteiger partial charge is 0.488 e. The number of halogens is 1. The van der Waals surface area contributed by atoms with Gasteiger partial charge in [0.05, 0.1) is 11.5 Å². The van der Waals surface area contributed by atoms with Crippen molar-refractivity contribution >= 4 is 27.5 Å². The van der Waals surface area contributed by atoms with Crippen LogP contribution in [0.1, 0.15) is 29.6 Å². The molecule has 0 saturated heterocycles. The van der Waals surface area contributed by atoms with Crippen molar-refractivity contribution in [2.45, 2.75) is 25.4 Å². The van der Waals surface area contributed by atoms with Gasteiger partial charge in [-0.3, -0.25) is 9.59 Å². The lowest BCUT2D eigenvalue weighted by Gasteiger charge is -2.35. The number of carbonyl (C=O) groups excluding carboxylic acids is 2. The van der Waals surface area contributed by atoms with Gasteiger partial charge in [-0.05, 0) is 24.6 Å². The molecule has 1 aromatic carbocycles. The Hall–Kier alpha value is -1.16. The first-order valence-electron chi connectivity index (χ1n) is 5.67.